The predicted octanol–water partition coefficient (Wildman–Crippen LogP) is 4.75. The zero-order valence-electron chi connectivity index (χ0n) is 17.7. The third kappa shape index (κ3) is 5.26. The van der Waals surface area contributed by atoms with E-state index >= 15 is 0 Å². The van der Waals surface area contributed by atoms with Gasteiger partial charge in [-0.1, -0.05) is 25.1 Å². The molecule has 0 spiro atoms. The second kappa shape index (κ2) is 9.82. The van der Waals surface area contributed by atoms with E-state index < -0.39 is 21.6 Å². The summed E-state index contributed by atoms with van der Waals surface area (Å²) in [5.41, 5.74) is 1.32. The molecule has 0 radical (unpaired) electrons. The van der Waals surface area contributed by atoms with Crippen LogP contribution in [0.2, 0.25) is 0 Å². The summed E-state index contributed by atoms with van der Waals surface area (Å²) in [5, 5.41) is 9.14. The summed E-state index contributed by atoms with van der Waals surface area (Å²) in [4.78, 5) is 11.1. The van der Waals surface area contributed by atoms with Crippen LogP contribution in [0.1, 0.15) is 18.9 Å². The lowest BCUT2D eigenvalue weighted by Gasteiger charge is -2.12. The van der Waals surface area contributed by atoms with Crippen LogP contribution in [-0.2, 0) is 21.1 Å². The number of methoxy groups -OCH3 is 1. The number of carboxylic acids is 1. The van der Waals surface area contributed by atoms with E-state index in [9.17, 15) is 17.6 Å². The normalized spacial score (nSPS) is 11.2. The van der Waals surface area contributed by atoms with Crippen LogP contribution in [0.15, 0.2) is 70.5 Å². The van der Waals surface area contributed by atoms with Crippen molar-refractivity contribution in [3.05, 3.63) is 72.0 Å². The molecule has 1 N–H and O–H groups in total. The number of sulfone groups is 1. The first-order valence-corrected chi connectivity index (χ1v) is 11.4. The summed E-state index contributed by atoms with van der Waals surface area (Å²) in [6.07, 6.45) is 0.378. The average Bonchev–Trinajstić information content (AvgIpc) is 2.77. The molecule has 8 heteroatoms. The second-order valence-corrected chi connectivity index (χ2v) is 9.06. The summed E-state index contributed by atoms with van der Waals surface area (Å²) in [5.74, 6) is -1.26. The molecule has 6 nitrogen and oxygen atoms in total. The van der Waals surface area contributed by atoms with Gasteiger partial charge in [-0.3, -0.25) is 4.79 Å². The molecule has 0 unspecified atom stereocenters. The Labute approximate surface area is 186 Å². The topological polar surface area (TPSA) is 89.9 Å². The number of hydrogen-bond acceptors (Lipinski definition) is 5. The zero-order valence-corrected chi connectivity index (χ0v) is 18.5. The molecule has 0 saturated carbocycles. The van der Waals surface area contributed by atoms with E-state index in [0.29, 0.717) is 29.7 Å². The first-order valence-electron chi connectivity index (χ1n) is 9.92. The summed E-state index contributed by atoms with van der Waals surface area (Å²) in [6.45, 7) is 2.28. The van der Waals surface area contributed by atoms with Crippen LogP contribution in [-0.4, -0.2) is 33.2 Å². The number of ether oxygens (including phenoxy) is 2. The lowest BCUT2D eigenvalue weighted by atomic mass is 10.1. The SMILES string of the molecule is CCCOc1cc(CC(=O)O)cc(S(=O)(=O)c2cccc(-c3ccc(OC)c(F)c3)c2)c1. The highest BCUT2D eigenvalue weighted by molar-refractivity contribution is 7.91. The molecule has 3 rings (SSSR count). The largest absolute Gasteiger partial charge is 0.494 e. The monoisotopic (exact) mass is 458 g/mol. The smallest absolute Gasteiger partial charge is 0.307 e. The molecule has 0 fully saturated rings. The van der Waals surface area contributed by atoms with Crippen LogP contribution in [0.25, 0.3) is 11.1 Å². The maximum absolute atomic E-state index is 14.1. The zero-order chi connectivity index (χ0) is 23.3. The van der Waals surface area contributed by atoms with Crippen molar-refractivity contribution in [2.75, 3.05) is 13.7 Å². The first kappa shape index (κ1) is 23.3. The van der Waals surface area contributed by atoms with Crippen LogP contribution in [0.5, 0.6) is 11.5 Å². The molecular formula is C24H23FO6S. The number of aliphatic carboxylic acids is 1. The van der Waals surface area contributed by atoms with Crippen molar-refractivity contribution in [2.45, 2.75) is 29.6 Å². The Hall–Kier alpha value is -3.39. The molecule has 0 atom stereocenters. The van der Waals surface area contributed by atoms with E-state index in [1.165, 1.54) is 49.6 Å². The van der Waals surface area contributed by atoms with Gasteiger partial charge in [0.15, 0.2) is 11.6 Å². The molecule has 0 aromatic heterocycles. The van der Waals surface area contributed by atoms with Gasteiger partial charge in [0, 0.05) is 0 Å². The number of halogens is 1. The Morgan fingerprint density at radius 2 is 1.75 bits per heavy atom. The standard InChI is InChI=1S/C24H23FO6S/c1-3-9-31-19-10-16(12-24(26)27)11-21(15-19)32(28,29)20-6-4-5-17(13-20)18-7-8-23(30-2)22(25)14-18/h4-8,10-11,13-15H,3,9,12H2,1-2H3,(H,26,27). The van der Waals surface area contributed by atoms with Gasteiger partial charge in [0.25, 0.3) is 0 Å². The Morgan fingerprint density at radius 1 is 1.00 bits per heavy atom. The number of rotatable bonds is 9. The highest BCUT2D eigenvalue weighted by atomic mass is 32.2. The van der Waals surface area contributed by atoms with E-state index in [0.717, 1.165) is 0 Å². The Morgan fingerprint density at radius 3 is 2.41 bits per heavy atom. The van der Waals surface area contributed by atoms with Crippen molar-refractivity contribution in [2.24, 2.45) is 0 Å². The number of carbonyl (C=O) groups is 1. The quantitative estimate of drug-likeness (QED) is 0.498. The van der Waals surface area contributed by atoms with Crippen LogP contribution >= 0.6 is 0 Å². The van der Waals surface area contributed by atoms with Crippen molar-refractivity contribution in [1.29, 1.82) is 0 Å². The minimum Gasteiger partial charge on any atom is -0.494 e. The maximum Gasteiger partial charge on any atom is 0.307 e. The van der Waals surface area contributed by atoms with E-state index in [4.69, 9.17) is 14.6 Å². The van der Waals surface area contributed by atoms with Crippen LogP contribution in [0.4, 0.5) is 4.39 Å². The molecule has 0 aliphatic heterocycles. The van der Waals surface area contributed by atoms with Gasteiger partial charge in [0.1, 0.15) is 5.75 Å². The number of carboxylic acid groups (broad SMARTS) is 1. The second-order valence-electron chi connectivity index (χ2n) is 7.11. The predicted molar refractivity (Wildman–Crippen MR) is 117 cm³/mol. The molecule has 0 heterocycles. The van der Waals surface area contributed by atoms with Crippen LogP contribution < -0.4 is 9.47 Å². The van der Waals surface area contributed by atoms with Gasteiger partial charge in [0.05, 0.1) is 29.9 Å². The Bertz CT molecular complexity index is 1240. The number of hydrogen-bond donors (Lipinski definition) is 1. The van der Waals surface area contributed by atoms with Gasteiger partial charge in [-0.25, -0.2) is 12.8 Å². The van der Waals surface area contributed by atoms with Crippen LogP contribution in [0.3, 0.4) is 0 Å². The molecule has 3 aromatic rings. The molecule has 0 aliphatic carbocycles. The molecular weight excluding hydrogens is 435 g/mol. The van der Waals surface area contributed by atoms with Crippen LogP contribution in [0, 0.1) is 5.82 Å². The van der Waals surface area contributed by atoms with E-state index in [2.05, 4.69) is 0 Å². The van der Waals surface area contributed by atoms with Gasteiger partial charge < -0.3 is 14.6 Å². The summed E-state index contributed by atoms with van der Waals surface area (Å²) in [6, 6.07) is 14.8. The fraction of sp³-hybridized carbons (Fsp3) is 0.208. The fourth-order valence-electron chi connectivity index (χ4n) is 3.19. The highest BCUT2D eigenvalue weighted by Crippen LogP contribution is 2.31. The van der Waals surface area contributed by atoms with Gasteiger partial charge in [0.2, 0.25) is 9.84 Å². The molecule has 168 valence electrons. The van der Waals surface area contributed by atoms with Gasteiger partial charge >= 0.3 is 5.97 Å². The van der Waals surface area contributed by atoms with E-state index in [-0.39, 0.29) is 27.7 Å². The van der Waals surface area contributed by atoms with E-state index in [1.807, 2.05) is 6.92 Å². The van der Waals surface area contributed by atoms with Crippen molar-refractivity contribution in [3.63, 3.8) is 0 Å². The number of benzene rings is 3. The molecule has 0 saturated heterocycles. The minimum absolute atomic E-state index is 0.000132. The van der Waals surface area contributed by atoms with Gasteiger partial charge in [-0.05, 0) is 65.6 Å². The summed E-state index contributed by atoms with van der Waals surface area (Å²) < 4.78 is 51.3. The van der Waals surface area contributed by atoms with Crippen molar-refractivity contribution < 1.29 is 32.2 Å². The Kier molecular flexibility index (Phi) is 7.15. The molecule has 3 aromatic carbocycles. The lowest BCUT2D eigenvalue weighted by molar-refractivity contribution is -0.136. The minimum atomic E-state index is -3.99. The third-order valence-corrected chi connectivity index (χ3v) is 6.44. The molecule has 0 aliphatic rings. The van der Waals surface area contributed by atoms with Gasteiger partial charge in [-0.15, -0.1) is 0 Å². The third-order valence-electron chi connectivity index (χ3n) is 4.71. The summed E-state index contributed by atoms with van der Waals surface area (Å²) in [7, 11) is -2.63. The highest BCUT2D eigenvalue weighted by Gasteiger charge is 2.21. The van der Waals surface area contributed by atoms with Crippen molar-refractivity contribution >= 4 is 15.8 Å². The fourth-order valence-corrected chi connectivity index (χ4v) is 4.58. The van der Waals surface area contributed by atoms with E-state index in [1.54, 1.807) is 18.2 Å². The van der Waals surface area contributed by atoms with Gasteiger partial charge in [-0.2, -0.15) is 0 Å². The van der Waals surface area contributed by atoms with Crippen molar-refractivity contribution in [1.82, 2.24) is 0 Å². The molecule has 32 heavy (non-hydrogen) atoms. The first-order chi connectivity index (χ1) is 15.2. The average molecular weight is 459 g/mol. The molecule has 0 bridgehead atoms. The maximum atomic E-state index is 14.1. The van der Waals surface area contributed by atoms with Crippen molar-refractivity contribution in [3.8, 4) is 22.6 Å². The lowest BCUT2D eigenvalue weighted by Crippen LogP contribution is -2.07. The summed E-state index contributed by atoms with van der Waals surface area (Å²) >= 11 is 0. The molecule has 0 amide bonds. The Balaban J connectivity index is 2.05.